The molecule has 0 spiro atoms. The predicted octanol–water partition coefficient (Wildman–Crippen LogP) is 4.41. The number of benzene rings is 3. The third-order valence-electron chi connectivity index (χ3n) is 9.85. The van der Waals surface area contributed by atoms with E-state index in [0.717, 1.165) is 43.1 Å². The summed E-state index contributed by atoms with van der Waals surface area (Å²) in [6.07, 6.45) is 4.63. The van der Waals surface area contributed by atoms with Crippen LogP contribution in [0.2, 0.25) is 0 Å². The van der Waals surface area contributed by atoms with Crippen LogP contribution in [0, 0.1) is 5.41 Å². The van der Waals surface area contributed by atoms with Gasteiger partial charge in [0.05, 0.1) is 68.1 Å². The second-order valence-electron chi connectivity index (χ2n) is 13.9. The molecule has 4 N–H and O–H groups in total. The van der Waals surface area contributed by atoms with Gasteiger partial charge in [0, 0.05) is 31.1 Å². The Kier molecular flexibility index (Phi) is 15.6. The summed E-state index contributed by atoms with van der Waals surface area (Å²) in [6, 6.07) is 20.6. The van der Waals surface area contributed by atoms with Crippen molar-refractivity contribution in [3.8, 4) is 17.2 Å². The highest BCUT2D eigenvalue weighted by molar-refractivity contribution is 6.23. The van der Waals surface area contributed by atoms with Crippen LogP contribution in [0.15, 0.2) is 79.1 Å². The maximum Gasteiger partial charge on any atom is 0.265 e. The molecule has 310 valence electrons. The van der Waals surface area contributed by atoms with Crippen LogP contribution in [0.25, 0.3) is 0 Å². The molecule has 4 aromatic rings. The van der Waals surface area contributed by atoms with Crippen LogP contribution in [0.3, 0.4) is 0 Å². The number of nitrogens with zero attached hydrogens (tertiary/aromatic N) is 4. The molecule has 0 aliphatic carbocycles. The molecule has 0 saturated carbocycles. The van der Waals surface area contributed by atoms with Crippen LogP contribution < -0.4 is 20.5 Å². The van der Waals surface area contributed by atoms with Crippen molar-refractivity contribution in [2.75, 3.05) is 76.9 Å². The first kappa shape index (κ1) is 42.5. The number of imide groups is 1. The number of carbonyl (C=O) groups is 4. The minimum atomic E-state index is -1.02. The summed E-state index contributed by atoms with van der Waals surface area (Å²) in [6.45, 7) is 4.94. The largest absolute Gasteiger partial charge is 0.490 e. The highest BCUT2D eigenvalue weighted by Crippen LogP contribution is 2.33. The standard InChI is InChI=1S/C43H49N7O9/c44-39(30-13-15-34(16-14-30)59-33-9-2-1-3-10-33)38-40(45)46-29-47-41(38)48-31-7-5-17-49(27-31)18-20-55-21-22-56-23-24-57-25-26-58-36-12-4-11-35-37(36)43(54)50(42(35)53)32(28-52)8-6-19-51/h1-4,9-16,19,28-29,31-32,44H,5-8,17-18,20-27H2,(H3,45,46,47,48). The Morgan fingerprint density at radius 3 is 2.31 bits per heavy atom. The fourth-order valence-corrected chi connectivity index (χ4v) is 6.92. The second-order valence-corrected chi connectivity index (χ2v) is 13.9. The molecule has 2 atom stereocenters. The molecule has 16 heteroatoms. The van der Waals surface area contributed by atoms with Gasteiger partial charge in [-0.25, -0.2) is 9.97 Å². The SMILES string of the molecule is N=C(c1ccc(Oc2ccccc2)cc1)c1c(N)ncnc1NC1CCCN(CCOCCOCCOCCOc2cccc3c2C(=O)N(C(C=O)CCC=O)C3=O)C1. The first-order valence-electron chi connectivity index (χ1n) is 19.7. The van der Waals surface area contributed by atoms with Gasteiger partial charge in [-0.1, -0.05) is 24.3 Å². The topological polar surface area (TPSA) is 209 Å². The number of nitrogen functional groups attached to an aromatic ring is 1. The molecule has 2 aliphatic rings. The zero-order valence-electron chi connectivity index (χ0n) is 32.8. The minimum Gasteiger partial charge on any atom is -0.490 e. The molecule has 16 nitrogen and oxygen atoms in total. The van der Waals surface area contributed by atoms with Gasteiger partial charge in [0.15, 0.2) is 0 Å². The Bertz CT molecular complexity index is 2050. The lowest BCUT2D eigenvalue weighted by Gasteiger charge is -2.33. The summed E-state index contributed by atoms with van der Waals surface area (Å²) in [5, 5.41) is 12.5. The molecule has 2 unspecified atom stereocenters. The second kappa shape index (κ2) is 21.6. The lowest BCUT2D eigenvalue weighted by molar-refractivity contribution is -0.112. The number of fused-ring (bicyclic) bond motifs is 1. The van der Waals surface area contributed by atoms with Crippen LogP contribution >= 0.6 is 0 Å². The van der Waals surface area contributed by atoms with E-state index >= 15 is 0 Å². The summed E-state index contributed by atoms with van der Waals surface area (Å²) in [5.74, 6) is 1.18. The number of carbonyl (C=O) groups excluding carboxylic acids is 4. The van der Waals surface area contributed by atoms with Crippen molar-refractivity contribution in [3.63, 3.8) is 0 Å². The number of likely N-dealkylation sites (tertiary alicyclic amines) is 1. The first-order chi connectivity index (χ1) is 28.9. The monoisotopic (exact) mass is 807 g/mol. The molecule has 1 aromatic heterocycles. The van der Waals surface area contributed by atoms with Crippen molar-refractivity contribution < 1.29 is 42.9 Å². The third-order valence-corrected chi connectivity index (χ3v) is 9.85. The van der Waals surface area contributed by atoms with Gasteiger partial charge in [-0.15, -0.1) is 0 Å². The number of para-hydroxylation sites is 1. The number of nitrogens with two attached hydrogens (primary N) is 1. The van der Waals surface area contributed by atoms with Gasteiger partial charge in [0.25, 0.3) is 11.8 Å². The van der Waals surface area contributed by atoms with Gasteiger partial charge in [-0.3, -0.25) is 24.8 Å². The number of aldehydes is 2. The molecule has 1 fully saturated rings. The van der Waals surface area contributed by atoms with Gasteiger partial charge in [-0.2, -0.15) is 0 Å². The van der Waals surface area contributed by atoms with Gasteiger partial charge in [-0.05, 0) is 74.3 Å². The van der Waals surface area contributed by atoms with Gasteiger partial charge in [0.2, 0.25) is 0 Å². The molecule has 1 saturated heterocycles. The number of hydrogen-bond acceptors (Lipinski definition) is 15. The number of anilines is 2. The Labute approximate surface area is 342 Å². The lowest BCUT2D eigenvalue weighted by Crippen LogP contribution is -2.43. The van der Waals surface area contributed by atoms with Gasteiger partial charge >= 0.3 is 0 Å². The van der Waals surface area contributed by atoms with Gasteiger partial charge in [0.1, 0.15) is 54.4 Å². The van der Waals surface area contributed by atoms with Crippen molar-refractivity contribution in [1.29, 1.82) is 5.41 Å². The van der Waals surface area contributed by atoms with Crippen LogP contribution in [0.4, 0.5) is 11.6 Å². The quantitative estimate of drug-likeness (QED) is 0.0388. The van der Waals surface area contributed by atoms with E-state index < -0.39 is 17.9 Å². The summed E-state index contributed by atoms with van der Waals surface area (Å²) < 4.78 is 28.7. The predicted molar refractivity (Wildman–Crippen MR) is 218 cm³/mol. The number of ether oxygens (including phenoxy) is 5. The van der Waals surface area contributed by atoms with E-state index in [4.69, 9.17) is 34.8 Å². The number of nitrogens with one attached hydrogen (secondary N) is 2. The molecule has 0 radical (unpaired) electrons. The Balaban J connectivity index is 0.847. The molecule has 2 aliphatic heterocycles. The fraction of sp³-hybridized carbons (Fsp3) is 0.372. The highest BCUT2D eigenvalue weighted by Gasteiger charge is 2.42. The maximum atomic E-state index is 13.1. The van der Waals surface area contributed by atoms with Crippen LogP contribution in [-0.2, 0) is 23.8 Å². The molecular weight excluding hydrogens is 759 g/mol. The van der Waals surface area contributed by atoms with E-state index in [-0.39, 0.29) is 60.5 Å². The number of piperidine rings is 1. The van der Waals surface area contributed by atoms with E-state index in [1.807, 2.05) is 54.6 Å². The smallest absolute Gasteiger partial charge is 0.265 e. The van der Waals surface area contributed by atoms with E-state index in [9.17, 15) is 19.2 Å². The number of rotatable bonds is 24. The fourth-order valence-electron chi connectivity index (χ4n) is 6.92. The van der Waals surface area contributed by atoms with Crippen molar-refractivity contribution in [1.82, 2.24) is 19.8 Å². The zero-order chi connectivity index (χ0) is 41.4. The van der Waals surface area contributed by atoms with Crippen LogP contribution in [-0.4, -0.2) is 128 Å². The summed E-state index contributed by atoms with van der Waals surface area (Å²) in [4.78, 5) is 60.2. The minimum absolute atomic E-state index is 0.0530. The molecule has 3 heterocycles. The number of hydrogen-bond donors (Lipinski definition) is 3. The average Bonchev–Trinajstić information content (AvgIpc) is 3.51. The highest BCUT2D eigenvalue weighted by atomic mass is 16.6. The third kappa shape index (κ3) is 11.3. The Hall–Kier alpha value is -6.07. The zero-order valence-corrected chi connectivity index (χ0v) is 32.8. The average molecular weight is 808 g/mol. The van der Waals surface area contributed by atoms with E-state index in [0.29, 0.717) is 68.3 Å². The summed E-state index contributed by atoms with van der Waals surface area (Å²) >= 11 is 0. The Morgan fingerprint density at radius 1 is 0.864 bits per heavy atom. The van der Waals surface area contributed by atoms with Crippen molar-refractivity contribution >= 4 is 41.7 Å². The van der Waals surface area contributed by atoms with Crippen molar-refractivity contribution in [2.24, 2.45) is 0 Å². The van der Waals surface area contributed by atoms with Crippen molar-refractivity contribution in [3.05, 3.63) is 101 Å². The van der Waals surface area contributed by atoms with Crippen molar-refractivity contribution in [2.45, 2.75) is 37.8 Å². The Morgan fingerprint density at radius 2 is 1.58 bits per heavy atom. The van der Waals surface area contributed by atoms with E-state index in [1.54, 1.807) is 12.1 Å². The number of aromatic nitrogens is 2. The lowest BCUT2D eigenvalue weighted by atomic mass is 10.0. The maximum absolute atomic E-state index is 13.1. The van der Waals surface area contributed by atoms with Gasteiger partial charge < -0.3 is 44.3 Å². The molecule has 2 amide bonds. The normalized spacial score (nSPS) is 15.7. The summed E-state index contributed by atoms with van der Waals surface area (Å²) in [7, 11) is 0. The molecule has 0 bridgehead atoms. The van der Waals surface area contributed by atoms with Crippen LogP contribution in [0.1, 0.15) is 57.5 Å². The molecule has 3 aromatic carbocycles. The van der Waals surface area contributed by atoms with Crippen LogP contribution in [0.5, 0.6) is 17.2 Å². The summed E-state index contributed by atoms with van der Waals surface area (Å²) in [5.41, 5.74) is 7.91. The number of amides is 2. The first-order valence-corrected chi connectivity index (χ1v) is 19.7. The molecular formula is C43H49N7O9. The van der Waals surface area contributed by atoms with E-state index in [1.165, 1.54) is 12.4 Å². The molecule has 59 heavy (non-hydrogen) atoms. The van der Waals surface area contributed by atoms with E-state index in [2.05, 4.69) is 20.2 Å². The molecule has 6 rings (SSSR count).